The maximum Gasteiger partial charge on any atom is 0.227 e. The molecule has 5 heteroatoms. The molecule has 0 saturated carbocycles. The van der Waals surface area contributed by atoms with Crippen LogP contribution in [0, 0.1) is 5.82 Å². The molecule has 126 valence electrons. The first-order chi connectivity index (χ1) is 11.6. The summed E-state index contributed by atoms with van der Waals surface area (Å²) in [5.74, 6) is -0.262. The number of carbonyl (C=O) groups is 1. The molecule has 24 heavy (non-hydrogen) atoms. The Kier molecular flexibility index (Phi) is 5.05. The summed E-state index contributed by atoms with van der Waals surface area (Å²) in [6.45, 7) is 0.717. The van der Waals surface area contributed by atoms with Crippen LogP contribution in [0.4, 0.5) is 4.39 Å². The van der Waals surface area contributed by atoms with Gasteiger partial charge in [0.25, 0.3) is 0 Å². The molecule has 3 rings (SSSR count). The van der Waals surface area contributed by atoms with E-state index in [1.807, 2.05) is 29.2 Å². The lowest BCUT2D eigenvalue weighted by Gasteiger charge is -2.25. The first-order valence-corrected chi connectivity index (χ1v) is 8.33. The number of ether oxygens (including phenoxy) is 1. The SMILES string of the molecule is COc1ccc(CC(=O)N2CCCC2c2cccc(Cl)c2)cc1F. The van der Waals surface area contributed by atoms with Crippen molar-refractivity contribution in [1.29, 1.82) is 0 Å². The lowest BCUT2D eigenvalue weighted by atomic mass is 10.0. The Morgan fingerprint density at radius 1 is 1.33 bits per heavy atom. The summed E-state index contributed by atoms with van der Waals surface area (Å²) in [4.78, 5) is 14.6. The van der Waals surface area contributed by atoms with Gasteiger partial charge in [0.2, 0.25) is 5.91 Å². The van der Waals surface area contributed by atoms with Gasteiger partial charge in [-0.15, -0.1) is 0 Å². The predicted octanol–water partition coefficient (Wildman–Crippen LogP) is 4.39. The number of nitrogens with zero attached hydrogens (tertiary/aromatic N) is 1. The van der Waals surface area contributed by atoms with Gasteiger partial charge in [-0.1, -0.05) is 29.8 Å². The molecule has 3 nitrogen and oxygen atoms in total. The Morgan fingerprint density at radius 3 is 2.88 bits per heavy atom. The van der Waals surface area contributed by atoms with Gasteiger partial charge in [-0.2, -0.15) is 0 Å². The minimum absolute atomic E-state index is 0.00189. The van der Waals surface area contributed by atoms with Crippen molar-refractivity contribution in [3.63, 3.8) is 0 Å². The molecule has 1 aliphatic rings. The molecule has 0 aromatic heterocycles. The lowest BCUT2D eigenvalue weighted by molar-refractivity contribution is -0.131. The maximum absolute atomic E-state index is 13.8. The van der Waals surface area contributed by atoms with Crippen LogP contribution in [0.5, 0.6) is 5.75 Å². The van der Waals surface area contributed by atoms with E-state index in [2.05, 4.69) is 0 Å². The highest BCUT2D eigenvalue weighted by Crippen LogP contribution is 2.33. The number of rotatable bonds is 4. The molecular weight excluding hydrogens is 329 g/mol. The Balaban J connectivity index is 1.75. The molecule has 1 unspecified atom stereocenters. The van der Waals surface area contributed by atoms with Crippen LogP contribution in [0.25, 0.3) is 0 Å². The molecule has 1 saturated heterocycles. The molecular formula is C19H19ClFNO2. The summed E-state index contributed by atoms with van der Waals surface area (Å²) in [5.41, 5.74) is 1.70. The van der Waals surface area contributed by atoms with Gasteiger partial charge in [-0.05, 0) is 48.2 Å². The van der Waals surface area contributed by atoms with Crippen LogP contribution >= 0.6 is 11.6 Å². The molecule has 1 atom stereocenters. The van der Waals surface area contributed by atoms with Gasteiger partial charge in [0.05, 0.1) is 19.6 Å². The van der Waals surface area contributed by atoms with E-state index in [0.29, 0.717) is 17.1 Å². The number of hydrogen-bond donors (Lipinski definition) is 0. The predicted molar refractivity (Wildman–Crippen MR) is 91.8 cm³/mol. The highest BCUT2D eigenvalue weighted by Gasteiger charge is 2.30. The van der Waals surface area contributed by atoms with Crippen LogP contribution in [0.3, 0.4) is 0 Å². The quantitative estimate of drug-likeness (QED) is 0.820. The van der Waals surface area contributed by atoms with Gasteiger partial charge in [0.1, 0.15) is 0 Å². The number of halogens is 2. The largest absolute Gasteiger partial charge is 0.494 e. The summed E-state index contributed by atoms with van der Waals surface area (Å²) in [5, 5.41) is 0.670. The molecule has 1 amide bonds. The maximum atomic E-state index is 13.8. The fourth-order valence-corrected chi connectivity index (χ4v) is 3.42. The highest BCUT2D eigenvalue weighted by atomic mass is 35.5. The zero-order chi connectivity index (χ0) is 17.1. The fraction of sp³-hybridized carbons (Fsp3) is 0.316. The second-order valence-corrected chi connectivity index (χ2v) is 6.38. The smallest absolute Gasteiger partial charge is 0.227 e. The summed E-state index contributed by atoms with van der Waals surface area (Å²) >= 11 is 6.07. The van der Waals surface area contributed by atoms with E-state index in [-0.39, 0.29) is 24.1 Å². The van der Waals surface area contributed by atoms with Gasteiger partial charge in [0.15, 0.2) is 11.6 Å². The van der Waals surface area contributed by atoms with Crippen molar-refractivity contribution >= 4 is 17.5 Å². The van der Waals surface area contributed by atoms with E-state index in [0.717, 1.165) is 18.4 Å². The van der Waals surface area contributed by atoms with Crippen molar-refractivity contribution in [2.75, 3.05) is 13.7 Å². The third kappa shape index (κ3) is 3.54. The minimum Gasteiger partial charge on any atom is -0.494 e. The highest BCUT2D eigenvalue weighted by molar-refractivity contribution is 6.30. The van der Waals surface area contributed by atoms with Gasteiger partial charge >= 0.3 is 0 Å². The average molecular weight is 348 g/mol. The summed E-state index contributed by atoms with van der Waals surface area (Å²) in [6, 6.07) is 12.3. The van der Waals surface area contributed by atoms with Crippen molar-refractivity contribution in [3.05, 3.63) is 64.4 Å². The fourth-order valence-electron chi connectivity index (χ4n) is 3.22. The average Bonchev–Trinajstić information content (AvgIpc) is 3.05. The van der Waals surface area contributed by atoms with Gasteiger partial charge in [-0.25, -0.2) is 4.39 Å². The zero-order valence-electron chi connectivity index (χ0n) is 13.5. The number of amides is 1. The number of carbonyl (C=O) groups excluding carboxylic acids is 1. The lowest BCUT2D eigenvalue weighted by Crippen LogP contribution is -2.31. The van der Waals surface area contributed by atoms with E-state index in [9.17, 15) is 9.18 Å². The zero-order valence-corrected chi connectivity index (χ0v) is 14.2. The first-order valence-electron chi connectivity index (χ1n) is 7.96. The topological polar surface area (TPSA) is 29.5 Å². The standard InChI is InChI=1S/C19H19ClFNO2/c1-24-18-8-7-13(10-16(18)21)11-19(23)22-9-3-6-17(22)14-4-2-5-15(20)12-14/h2,4-5,7-8,10,12,17H,3,6,9,11H2,1H3. The van der Waals surface area contributed by atoms with Crippen LogP contribution in [0.15, 0.2) is 42.5 Å². The Morgan fingerprint density at radius 2 is 2.17 bits per heavy atom. The van der Waals surface area contributed by atoms with Crippen molar-refractivity contribution in [1.82, 2.24) is 4.90 Å². The minimum atomic E-state index is -0.449. The molecule has 0 radical (unpaired) electrons. The summed E-state index contributed by atoms with van der Waals surface area (Å²) in [7, 11) is 1.42. The molecule has 0 N–H and O–H groups in total. The molecule has 1 aliphatic heterocycles. The number of likely N-dealkylation sites (tertiary alicyclic amines) is 1. The van der Waals surface area contributed by atoms with Crippen molar-refractivity contribution in [2.45, 2.75) is 25.3 Å². The summed E-state index contributed by atoms with van der Waals surface area (Å²) < 4.78 is 18.7. The number of benzene rings is 2. The number of hydrogen-bond acceptors (Lipinski definition) is 2. The molecule has 2 aromatic rings. The molecule has 1 heterocycles. The van der Waals surface area contributed by atoms with Crippen LogP contribution in [-0.2, 0) is 11.2 Å². The monoisotopic (exact) mass is 347 g/mol. The van der Waals surface area contributed by atoms with E-state index in [1.165, 1.54) is 13.2 Å². The van der Waals surface area contributed by atoms with Crippen molar-refractivity contribution < 1.29 is 13.9 Å². The second kappa shape index (κ2) is 7.22. The van der Waals surface area contributed by atoms with Crippen LogP contribution < -0.4 is 4.74 Å². The molecule has 0 aliphatic carbocycles. The van der Waals surface area contributed by atoms with E-state index in [1.54, 1.807) is 12.1 Å². The van der Waals surface area contributed by atoms with Crippen molar-refractivity contribution in [2.24, 2.45) is 0 Å². The third-order valence-electron chi connectivity index (χ3n) is 4.38. The second-order valence-electron chi connectivity index (χ2n) is 5.95. The normalized spacial score (nSPS) is 17.1. The Labute approximate surface area is 146 Å². The van der Waals surface area contributed by atoms with Crippen LogP contribution in [-0.4, -0.2) is 24.5 Å². The van der Waals surface area contributed by atoms with Crippen molar-refractivity contribution in [3.8, 4) is 5.75 Å². The van der Waals surface area contributed by atoms with Gasteiger partial charge in [0, 0.05) is 11.6 Å². The third-order valence-corrected chi connectivity index (χ3v) is 4.61. The van der Waals surface area contributed by atoms with E-state index in [4.69, 9.17) is 16.3 Å². The van der Waals surface area contributed by atoms with Crippen LogP contribution in [0.1, 0.15) is 30.0 Å². The molecule has 0 bridgehead atoms. The summed E-state index contributed by atoms with van der Waals surface area (Å²) in [6.07, 6.45) is 2.06. The van der Waals surface area contributed by atoms with E-state index < -0.39 is 5.82 Å². The first kappa shape index (κ1) is 16.8. The van der Waals surface area contributed by atoms with Gasteiger partial charge in [-0.3, -0.25) is 4.79 Å². The van der Waals surface area contributed by atoms with Crippen LogP contribution in [0.2, 0.25) is 5.02 Å². The molecule has 1 fully saturated rings. The number of methoxy groups -OCH3 is 1. The molecule has 2 aromatic carbocycles. The van der Waals surface area contributed by atoms with E-state index >= 15 is 0 Å². The Hall–Kier alpha value is -2.07. The molecule has 0 spiro atoms. The Bertz CT molecular complexity index is 750. The van der Waals surface area contributed by atoms with Gasteiger partial charge < -0.3 is 9.64 Å².